The lowest BCUT2D eigenvalue weighted by molar-refractivity contribution is -0.126. The number of amides is 1. The largest absolute Gasteiger partial charge is 0.295 e. The predicted molar refractivity (Wildman–Crippen MR) is 61.0 cm³/mol. The second kappa shape index (κ2) is 6.08. The third kappa shape index (κ3) is 3.47. The molecule has 1 amide bonds. The Bertz CT molecular complexity index is 202. The van der Waals surface area contributed by atoms with E-state index in [2.05, 4.69) is 10.3 Å². The van der Waals surface area contributed by atoms with Gasteiger partial charge in [0.15, 0.2) is 0 Å². The molecule has 0 heterocycles. The summed E-state index contributed by atoms with van der Waals surface area (Å²) in [6, 6.07) is -0.0735. The zero-order valence-electron chi connectivity index (χ0n) is 9.83. The molecule has 1 aliphatic rings. The van der Waals surface area contributed by atoms with Gasteiger partial charge >= 0.3 is 0 Å². The number of nitrogens with zero attached hydrogens (tertiary/aromatic N) is 1. The van der Waals surface area contributed by atoms with Crippen LogP contribution >= 0.6 is 0 Å². The highest BCUT2D eigenvalue weighted by Crippen LogP contribution is 2.25. The van der Waals surface area contributed by atoms with Gasteiger partial charge in [-0.15, -0.1) is 0 Å². The van der Waals surface area contributed by atoms with Crippen molar-refractivity contribution < 1.29 is 4.79 Å². The van der Waals surface area contributed by atoms with Crippen molar-refractivity contribution in [1.82, 2.24) is 10.3 Å². The maximum absolute atomic E-state index is 11.5. The predicted octanol–water partition coefficient (Wildman–Crippen LogP) is 0.877. The Kier molecular flexibility index (Phi) is 5.05. The van der Waals surface area contributed by atoms with Crippen LogP contribution in [-0.4, -0.2) is 30.4 Å². The topological polar surface area (TPSA) is 58.4 Å². The van der Waals surface area contributed by atoms with Crippen LogP contribution in [0.2, 0.25) is 0 Å². The molecule has 1 atom stereocenters. The van der Waals surface area contributed by atoms with Crippen LogP contribution in [0.4, 0.5) is 0 Å². The van der Waals surface area contributed by atoms with Gasteiger partial charge in [-0.05, 0) is 32.2 Å². The monoisotopic (exact) mass is 213 g/mol. The van der Waals surface area contributed by atoms with Gasteiger partial charge in [0.05, 0.1) is 6.04 Å². The molecule has 4 heteroatoms. The Hall–Kier alpha value is -0.610. The lowest BCUT2D eigenvalue weighted by atomic mass is 10.1. The molecule has 0 aromatic rings. The Balaban J connectivity index is 2.41. The summed E-state index contributed by atoms with van der Waals surface area (Å²) >= 11 is 0. The quantitative estimate of drug-likeness (QED) is 0.405. The summed E-state index contributed by atoms with van der Waals surface area (Å²) in [5, 5.41) is 0. The van der Waals surface area contributed by atoms with E-state index in [0.717, 1.165) is 18.9 Å². The van der Waals surface area contributed by atoms with E-state index in [4.69, 9.17) is 5.84 Å². The second-order valence-corrected chi connectivity index (χ2v) is 4.52. The normalized spacial score (nSPS) is 19.5. The molecule has 1 aliphatic carbocycles. The molecule has 3 N–H and O–H groups in total. The molecule has 0 aliphatic heterocycles. The fourth-order valence-electron chi connectivity index (χ4n) is 2.52. The van der Waals surface area contributed by atoms with Crippen molar-refractivity contribution in [2.75, 3.05) is 13.6 Å². The molecule has 0 spiro atoms. The molecule has 4 nitrogen and oxygen atoms in total. The SMILES string of the molecule is CCC(C(=O)NN)N(C)CC1CCCC1. The number of carbonyl (C=O) groups excluding carboxylic acids is 1. The fourth-order valence-corrected chi connectivity index (χ4v) is 2.52. The van der Waals surface area contributed by atoms with Gasteiger partial charge in [-0.3, -0.25) is 15.1 Å². The molecule has 0 saturated heterocycles. The fraction of sp³-hybridized carbons (Fsp3) is 0.909. The average Bonchev–Trinajstić information content (AvgIpc) is 2.71. The van der Waals surface area contributed by atoms with Gasteiger partial charge in [-0.1, -0.05) is 19.8 Å². The van der Waals surface area contributed by atoms with Crippen molar-refractivity contribution in [1.29, 1.82) is 0 Å². The molecule has 0 radical (unpaired) electrons. The number of rotatable bonds is 5. The molecular weight excluding hydrogens is 190 g/mol. The number of hydrogen-bond donors (Lipinski definition) is 2. The highest BCUT2D eigenvalue weighted by Gasteiger charge is 2.24. The number of nitrogens with two attached hydrogens (primary N) is 1. The molecule has 1 fully saturated rings. The van der Waals surface area contributed by atoms with E-state index in [9.17, 15) is 4.79 Å². The summed E-state index contributed by atoms with van der Waals surface area (Å²) in [7, 11) is 2.02. The first-order valence-electron chi connectivity index (χ1n) is 5.89. The van der Waals surface area contributed by atoms with Crippen LogP contribution in [-0.2, 0) is 4.79 Å². The van der Waals surface area contributed by atoms with E-state index in [-0.39, 0.29) is 11.9 Å². The van der Waals surface area contributed by atoms with Crippen LogP contribution in [0.25, 0.3) is 0 Å². The summed E-state index contributed by atoms with van der Waals surface area (Å²) in [4.78, 5) is 13.6. The first-order chi connectivity index (χ1) is 7.19. The van der Waals surface area contributed by atoms with E-state index < -0.39 is 0 Å². The summed E-state index contributed by atoms with van der Waals surface area (Å²) in [5.41, 5.74) is 2.24. The van der Waals surface area contributed by atoms with Gasteiger partial charge in [0.2, 0.25) is 0 Å². The van der Waals surface area contributed by atoms with Crippen molar-refractivity contribution in [3.05, 3.63) is 0 Å². The number of carbonyl (C=O) groups is 1. The Morgan fingerprint density at radius 2 is 2.13 bits per heavy atom. The van der Waals surface area contributed by atoms with Gasteiger partial charge in [-0.25, -0.2) is 5.84 Å². The minimum absolute atomic E-state index is 0.0713. The zero-order valence-corrected chi connectivity index (χ0v) is 9.83. The summed E-state index contributed by atoms with van der Waals surface area (Å²) in [6.07, 6.45) is 6.12. The second-order valence-electron chi connectivity index (χ2n) is 4.52. The Morgan fingerprint density at radius 1 is 1.53 bits per heavy atom. The van der Waals surface area contributed by atoms with Crippen LogP contribution in [0.1, 0.15) is 39.0 Å². The molecule has 0 aromatic heterocycles. The van der Waals surface area contributed by atoms with Crippen LogP contribution in [0, 0.1) is 5.92 Å². The summed E-state index contributed by atoms with van der Waals surface area (Å²) in [5.74, 6) is 5.87. The van der Waals surface area contributed by atoms with Crippen molar-refractivity contribution in [3.8, 4) is 0 Å². The third-order valence-corrected chi connectivity index (χ3v) is 3.38. The lowest BCUT2D eigenvalue weighted by Crippen LogP contribution is -2.48. The van der Waals surface area contributed by atoms with E-state index in [1.165, 1.54) is 25.7 Å². The standard InChI is InChI=1S/C11H23N3O/c1-3-10(11(15)13-12)14(2)8-9-6-4-5-7-9/h9-10H,3-8,12H2,1-2H3,(H,13,15). The van der Waals surface area contributed by atoms with Crippen LogP contribution in [0.3, 0.4) is 0 Å². The van der Waals surface area contributed by atoms with E-state index in [0.29, 0.717) is 0 Å². The summed E-state index contributed by atoms with van der Waals surface area (Å²) in [6.45, 7) is 3.04. The van der Waals surface area contributed by atoms with Crippen LogP contribution in [0.5, 0.6) is 0 Å². The van der Waals surface area contributed by atoms with Crippen LogP contribution in [0.15, 0.2) is 0 Å². The van der Waals surface area contributed by atoms with Crippen LogP contribution < -0.4 is 11.3 Å². The molecule has 0 aromatic carbocycles. The number of likely N-dealkylation sites (N-methyl/N-ethyl adjacent to an activating group) is 1. The van der Waals surface area contributed by atoms with E-state index in [1.807, 2.05) is 14.0 Å². The number of nitrogens with one attached hydrogen (secondary N) is 1. The van der Waals surface area contributed by atoms with E-state index in [1.54, 1.807) is 0 Å². The lowest BCUT2D eigenvalue weighted by Gasteiger charge is -2.27. The van der Waals surface area contributed by atoms with Gasteiger partial charge in [0.1, 0.15) is 0 Å². The summed E-state index contributed by atoms with van der Waals surface area (Å²) < 4.78 is 0. The van der Waals surface area contributed by atoms with Crippen molar-refractivity contribution in [2.45, 2.75) is 45.1 Å². The van der Waals surface area contributed by atoms with Gasteiger partial charge < -0.3 is 0 Å². The first-order valence-corrected chi connectivity index (χ1v) is 5.89. The minimum atomic E-state index is -0.0735. The zero-order chi connectivity index (χ0) is 11.3. The maximum Gasteiger partial charge on any atom is 0.251 e. The molecule has 15 heavy (non-hydrogen) atoms. The third-order valence-electron chi connectivity index (χ3n) is 3.38. The molecule has 88 valence electrons. The van der Waals surface area contributed by atoms with E-state index >= 15 is 0 Å². The van der Waals surface area contributed by atoms with Gasteiger partial charge in [0.25, 0.3) is 5.91 Å². The Morgan fingerprint density at radius 3 is 2.60 bits per heavy atom. The maximum atomic E-state index is 11.5. The molecular formula is C11H23N3O. The highest BCUT2D eigenvalue weighted by atomic mass is 16.2. The smallest absolute Gasteiger partial charge is 0.251 e. The number of hydrogen-bond acceptors (Lipinski definition) is 3. The number of hydrazine groups is 1. The van der Waals surface area contributed by atoms with Crippen molar-refractivity contribution >= 4 is 5.91 Å². The molecule has 1 unspecified atom stereocenters. The molecule has 1 saturated carbocycles. The van der Waals surface area contributed by atoms with Gasteiger partial charge in [-0.2, -0.15) is 0 Å². The molecule has 1 rings (SSSR count). The van der Waals surface area contributed by atoms with Crippen molar-refractivity contribution in [3.63, 3.8) is 0 Å². The highest BCUT2D eigenvalue weighted by molar-refractivity contribution is 5.80. The van der Waals surface area contributed by atoms with Crippen molar-refractivity contribution in [2.24, 2.45) is 11.8 Å². The van der Waals surface area contributed by atoms with Gasteiger partial charge in [0, 0.05) is 6.54 Å². The minimum Gasteiger partial charge on any atom is -0.295 e. The average molecular weight is 213 g/mol. The molecule has 0 bridgehead atoms. The first kappa shape index (κ1) is 12.5. The Labute approximate surface area is 92.2 Å².